The molecule has 0 radical (unpaired) electrons. The highest BCUT2D eigenvalue weighted by Crippen LogP contribution is 2.31. The van der Waals surface area contributed by atoms with Gasteiger partial charge >= 0.3 is 5.97 Å². The predicted molar refractivity (Wildman–Crippen MR) is 106 cm³/mol. The van der Waals surface area contributed by atoms with E-state index in [0.717, 1.165) is 5.69 Å². The van der Waals surface area contributed by atoms with Gasteiger partial charge in [0.15, 0.2) is 5.69 Å². The number of carbonyl (C=O) groups excluding carboxylic acids is 2. The van der Waals surface area contributed by atoms with Crippen molar-refractivity contribution in [3.05, 3.63) is 40.7 Å². The molecule has 28 heavy (non-hydrogen) atoms. The normalized spacial score (nSPS) is 13.9. The van der Waals surface area contributed by atoms with Gasteiger partial charge in [0, 0.05) is 45.0 Å². The van der Waals surface area contributed by atoms with E-state index in [1.807, 2.05) is 12.1 Å². The fraction of sp³-hybridized carbons (Fsp3) is 0.316. The standard InChI is InChI=1S/C19H20ClN5O3/c1-12(26)23-5-7-24(8-6-23)16-4-3-14(9-15(16)20)25-11-13(10-21)17(22)18(25)19(27)28-2/h3-4,9,11H,5-8,22H2,1-2H3. The first kappa shape index (κ1) is 19.6. The van der Waals surface area contributed by atoms with Gasteiger partial charge in [0.25, 0.3) is 0 Å². The summed E-state index contributed by atoms with van der Waals surface area (Å²) in [7, 11) is 1.25. The van der Waals surface area contributed by atoms with Gasteiger partial charge in [-0.2, -0.15) is 5.26 Å². The van der Waals surface area contributed by atoms with E-state index in [0.29, 0.717) is 36.9 Å². The number of anilines is 2. The number of esters is 1. The van der Waals surface area contributed by atoms with Gasteiger partial charge in [-0.05, 0) is 18.2 Å². The Hall–Kier alpha value is -3.18. The maximum atomic E-state index is 12.1. The van der Waals surface area contributed by atoms with Crippen LogP contribution in [0.5, 0.6) is 0 Å². The number of nitrogen functional groups attached to an aromatic ring is 1. The molecule has 0 saturated carbocycles. The van der Waals surface area contributed by atoms with Gasteiger partial charge in [-0.25, -0.2) is 4.79 Å². The van der Waals surface area contributed by atoms with E-state index in [2.05, 4.69) is 4.90 Å². The zero-order chi connectivity index (χ0) is 20.4. The number of nitrogens with zero attached hydrogens (tertiary/aromatic N) is 4. The van der Waals surface area contributed by atoms with Gasteiger partial charge in [-0.3, -0.25) is 4.79 Å². The van der Waals surface area contributed by atoms with Gasteiger partial charge in [0.2, 0.25) is 5.91 Å². The number of nitrogens with two attached hydrogens (primary N) is 1. The summed E-state index contributed by atoms with van der Waals surface area (Å²) in [6, 6.07) is 7.33. The summed E-state index contributed by atoms with van der Waals surface area (Å²) in [5.74, 6) is -0.575. The largest absolute Gasteiger partial charge is 0.464 e. The number of hydrogen-bond donors (Lipinski definition) is 1. The van der Waals surface area contributed by atoms with E-state index < -0.39 is 5.97 Å². The maximum Gasteiger partial charge on any atom is 0.357 e. The molecule has 1 aliphatic heterocycles. The number of ether oxygens (including phenoxy) is 1. The number of nitriles is 1. The quantitative estimate of drug-likeness (QED) is 0.789. The topological polar surface area (TPSA) is 105 Å². The molecule has 146 valence electrons. The van der Waals surface area contributed by atoms with Crippen LogP contribution in [0.4, 0.5) is 11.4 Å². The second-order valence-corrected chi connectivity index (χ2v) is 6.81. The lowest BCUT2D eigenvalue weighted by atomic mass is 10.2. The molecule has 1 aromatic carbocycles. The Bertz CT molecular complexity index is 971. The van der Waals surface area contributed by atoms with Crippen LogP contribution in [-0.4, -0.2) is 54.6 Å². The van der Waals surface area contributed by atoms with Crippen molar-refractivity contribution in [2.45, 2.75) is 6.92 Å². The van der Waals surface area contributed by atoms with Crippen molar-refractivity contribution in [3.8, 4) is 11.8 Å². The number of aromatic nitrogens is 1. The molecule has 8 nitrogen and oxygen atoms in total. The SMILES string of the molecule is COC(=O)c1c(N)c(C#N)cn1-c1ccc(N2CCN(C(C)=O)CC2)c(Cl)c1. The molecule has 2 N–H and O–H groups in total. The van der Waals surface area contributed by atoms with Crippen molar-refractivity contribution >= 4 is 34.9 Å². The average Bonchev–Trinajstić information content (AvgIpc) is 3.03. The van der Waals surface area contributed by atoms with Crippen LogP contribution in [0.1, 0.15) is 23.0 Å². The molecule has 0 spiro atoms. The van der Waals surface area contributed by atoms with Crippen LogP contribution < -0.4 is 10.6 Å². The second kappa shape index (κ2) is 7.82. The fourth-order valence-corrected chi connectivity index (χ4v) is 3.58. The third-order valence-corrected chi connectivity index (χ3v) is 5.12. The summed E-state index contributed by atoms with van der Waals surface area (Å²) in [6.07, 6.45) is 1.48. The molecular weight excluding hydrogens is 382 g/mol. The lowest BCUT2D eigenvalue weighted by molar-refractivity contribution is -0.129. The van der Waals surface area contributed by atoms with Crippen LogP contribution in [0.3, 0.4) is 0 Å². The molecule has 3 rings (SSSR count). The Labute approximate surface area is 167 Å². The highest BCUT2D eigenvalue weighted by molar-refractivity contribution is 6.33. The van der Waals surface area contributed by atoms with Crippen LogP contribution in [-0.2, 0) is 9.53 Å². The number of rotatable bonds is 3. The van der Waals surface area contributed by atoms with E-state index in [1.165, 1.54) is 17.9 Å². The number of halogens is 1. The van der Waals surface area contributed by atoms with Crippen LogP contribution in [0.15, 0.2) is 24.4 Å². The molecule has 9 heteroatoms. The summed E-state index contributed by atoms with van der Waals surface area (Å²) >= 11 is 6.51. The van der Waals surface area contributed by atoms with Gasteiger partial charge in [-0.15, -0.1) is 0 Å². The van der Waals surface area contributed by atoms with Crippen molar-refractivity contribution in [1.29, 1.82) is 5.26 Å². The van der Waals surface area contributed by atoms with Crippen LogP contribution in [0.25, 0.3) is 5.69 Å². The molecule has 0 bridgehead atoms. The van der Waals surface area contributed by atoms with E-state index in [-0.39, 0.29) is 22.9 Å². The summed E-state index contributed by atoms with van der Waals surface area (Å²) in [4.78, 5) is 27.5. The lowest BCUT2D eigenvalue weighted by Gasteiger charge is -2.36. The van der Waals surface area contributed by atoms with Crippen LogP contribution in [0.2, 0.25) is 5.02 Å². The molecule has 1 aromatic heterocycles. The Morgan fingerprint density at radius 3 is 2.46 bits per heavy atom. The van der Waals surface area contributed by atoms with Crippen LogP contribution in [0, 0.1) is 11.3 Å². The molecule has 1 aliphatic rings. The van der Waals surface area contributed by atoms with Gasteiger partial charge < -0.3 is 24.8 Å². The summed E-state index contributed by atoms with van der Waals surface area (Å²) < 4.78 is 6.30. The highest BCUT2D eigenvalue weighted by Gasteiger charge is 2.23. The molecule has 2 aromatic rings. The molecule has 0 unspecified atom stereocenters. The molecule has 0 aliphatic carbocycles. The smallest absolute Gasteiger partial charge is 0.357 e. The van der Waals surface area contributed by atoms with E-state index >= 15 is 0 Å². The molecular formula is C19H20ClN5O3. The number of benzene rings is 1. The summed E-state index contributed by atoms with van der Waals surface area (Å²) in [5.41, 5.74) is 7.69. The first-order valence-corrected chi connectivity index (χ1v) is 9.04. The van der Waals surface area contributed by atoms with E-state index in [4.69, 9.17) is 22.1 Å². The Kier molecular flexibility index (Phi) is 5.47. The number of methoxy groups -OCH3 is 1. The minimum absolute atomic E-state index is 0.0647. The highest BCUT2D eigenvalue weighted by atomic mass is 35.5. The number of piperazine rings is 1. The Morgan fingerprint density at radius 2 is 1.93 bits per heavy atom. The molecule has 2 heterocycles. The third-order valence-electron chi connectivity index (χ3n) is 4.82. The van der Waals surface area contributed by atoms with Crippen molar-refractivity contribution < 1.29 is 14.3 Å². The minimum atomic E-state index is -0.639. The first-order chi connectivity index (χ1) is 13.4. The maximum absolute atomic E-state index is 12.1. The molecule has 1 fully saturated rings. The lowest BCUT2D eigenvalue weighted by Crippen LogP contribution is -2.48. The van der Waals surface area contributed by atoms with Crippen molar-refractivity contribution in [2.24, 2.45) is 0 Å². The Balaban J connectivity index is 1.93. The average molecular weight is 402 g/mol. The van der Waals surface area contributed by atoms with Gasteiger partial charge in [-0.1, -0.05) is 11.6 Å². The van der Waals surface area contributed by atoms with E-state index in [1.54, 1.807) is 24.0 Å². The third kappa shape index (κ3) is 3.49. The second-order valence-electron chi connectivity index (χ2n) is 6.41. The van der Waals surface area contributed by atoms with Crippen molar-refractivity contribution in [3.63, 3.8) is 0 Å². The zero-order valence-corrected chi connectivity index (χ0v) is 16.4. The minimum Gasteiger partial charge on any atom is -0.464 e. The monoisotopic (exact) mass is 401 g/mol. The van der Waals surface area contributed by atoms with E-state index in [9.17, 15) is 14.9 Å². The van der Waals surface area contributed by atoms with Gasteiger partial charge in [0.05, 0.1) is 29.1 Å². The van der Waals surface area contributed by atoms with Gasteiger partial charge in [0.1, 0.15) is 6.07 Å². The number of carbonyl (C=O) groups is 2. The number of hydrogen-bond acceptors (Lipinski definition) is 6. The Morgan fingerprint density at radius 1 is 1.25 bits per heavy atom. The fourth-order valence-electron chi connectivity index (χ4n) is 3.28. The molecule has 0 atom stereocenters. The first-order valence-electron chi connectivity index (χ1n) is 8.67. The van der Waals surface area contributed by atoms with Crippen molar-refractivity contribution in [1.82, 2.24) is 9.47 Å². The number of amides is 1. The summed E-state index contributed by atoms with van der Waals surface area (Å²) in [6.45, 7) is 4.20. The van der Waals surface area contributed by atoms with Crippen molar-refractivity contribution in [2.75, 3.05) is 43.9 Å². The predicted octanol–water partition coefficient (Wildman–Crippen LogP) is 2.04. The molecule has 1 amide bonds. The molecule has 1 saturated heterocycles. The van der Waals surface area contributed by atoms with Crippen LogP contribution >= 0.6 is 11.6 Å². The zero-order valence-electron chi connectivity index (χ0n) is 15.6. The summed E-state index contributed by atoms with van der Waals surface area (Å²) in [5, 5.41) is 9.73.